The summed E-state index contributed by atoms with van der Waals surface area (Å²) in [6, 6.07) is 5.06. The molecule has 1 N–H and O–H groups in total. The molecule has 1 aliphatic rings. The van der Waals surface area contributed by atoms with Crippen LogP contribution in [0.2, 0.25) is 0 Å². The number of para-hydroxylation sites is 1. The van der Waals surface area contributed by atoms with Crippen molar-refractivity contribution in [3.8, 4) is 0 Å². The van der Waals surface area contributed by atoms with Gasteiger partial charge in [-0.3, -0.25) is 9.69 Å². The van der Waals surface area contributed by atoms with Gasteiger partial charge in [0, 0.05) is 6.54 Å². The van der Waals surface area contributed by atoms with Gasteiger partial charge in [-0.25, -0.2) is 0 Å². The topological polar surface area (TPSA) is 32.3 Å². The largest absolute Gasteiger partial charge is 0.418 e. The first kappa shape index (κ1) is 16.8. The van der Waals surface area contributed by atoms with E-state index in [9.17, 15) is 18.0 Å². The number of hydrogen-bond acceptors (Lipinski definition) is 2. The average Bonchev–Trinajstić information content (AvgIpc) is 3.22. The van der Waals surface area contributed by atoms with Crippen molar-refractivity contribution >= 4 is 11.6 Å². The maximum atomic E-state index is 12.9. The second-order valence-electron chi connectivity index (χ2n) is 5.77. The molecule has 122 valence electrons. The van der Waals surface area contributed by atoms with Crippen LogP contribution < -0.4 is 5.32 Å². The summed E-state index contributed by atoms with van der Waals surface area (Å²) in [4.78, 5) is 14.1. The van der Waals surface area contributed by atoms with Gasteiger partial charge in [0.2, 0.25) is 5.91 Å². The summed E-state index contributed by atoms with van der Waals surface area (Å²) in [5, 5.41) is 2.40. The van der Waals surface area contributed by atoms with E-state index in [0.29, 0.717) is 5.92 Å². The molecule has 0 aliphatic heterocycles. The SMILES string of the molecule is CCCN(CC(=O)Nc1ccccc1C(F)(F)F)CC1CC1. The average molecular weight is 314 g/mol. The molecule has 0 aromatic heterocycles. The Labute approximate surface area is 128 Å². The van der Waals surface area contributed by atoms with E-state index in [4.69, 9.17) is 0 Å². The number of benzene rings is 1. The fourth-order valence-electron chi connectivity index (χ4n) is 2.45. The highest BCUT2D eigenvalue weighted by molar-refractivity contribution is 5.93. The van der Waals surface area contributed by atoms with E-state index in [-0.39, 0.29) is 12.2 Å². The summed E-state index contributed by atoms with van der Waals surface area (Å²) in [7, 11) is 0. The summed E-state index contributed by atoms with van der Waals surface area (Å²) in [5.74, 6) is 0.243. The second kappa shape index (κ2) is 7.13. The first-order valence-corrected chi connectivity index (χ1v) is 7.58. The van der Waals surface area contributed by atoms with Gasteiger partial charge in [-0.1, -0.05) is 19.1 Å². The molecule has 0 unspecified atom stereocenters. The van der Waals surface area contributed by atoms with Gasteiger partial charge in [-0.2, -0.15) is 13.2 Å². The monoisotopic (exact) mass is 314 g/mol. The van der Waals surface area contributed by atoms with Gasteiger partial charge >= 0.3 is 6.18 Å². The quantitative estimate of drug-likeness (QED) is 0.831. The molecule has 0 atom stereocenters. The van der Waals surface area contributed by atoms with Crippen LogP contribution in [0.5, 0.6) is 0 Å². The molecule has 2 rings (SSSR count). The molecule has 0 heterocycles. The molecule has 1 saturated carbocycles. The fraction of sp³-hybridized carbons (Fsp3) is 0.562. The van der Waals surface area contributed by atoms with Crippen molar-refractivity contribution in [2.45, 2.75) is 32.4 Å². The van der Waals surface area contributed by atoms with Gasteiger partial charge in [0.15, 0.2) is 0 Å². The Kier molecular flexibility index (Phi) is 5.45. The van der Waals surface area contributed by atoms with E-state index in [1.165, 1.54) is 31.0 Å². The lowest BCUT2D eigenvalue weighted by molar-refractivity contribution is -0.137. The van der Waals surface area contributed by atoms with Crippen LogP contribution in [0.1, 0.15) is 31.7 Å². The van der Waals surface area contributed by atoms with E-state index in [1.807, 2.05) is 11.8 Å². The first-order chi connectivity index (χ1) is 10.4. The molecule has 3 nitrogen and oxygen atoms in total. The summed E-state index contributed by atoms with van der Waals surface area (Å²) in [6.45, 7) is 3.79. The Morgan fingerprint density at radius 3 is 2.59 bits per heavy atom. The number of alkyl halides is 3. The van der Waals surface area contributed by atoms with Crippen LogP contribution in [0.15, 0.2) is 24.3 Å². The number of rotatable bonds is 7. The van der Waals surface area contributed by atoms with E-state index in [2.05, 4.69) is 5.32 Å². The van der Waals surface area contributed by atoms with Crippen LogP contribution in [0.3, 0.4) is 0 Å². The van der Waals surface area contributed by atoms with Crippen molar-refractivity contribution in [2.24, 2.45) is 5.92 Å². The smallest absolute Gasteiger partial charge is 0.324 e. The zero-order valence-corrected chi connectivity index (χ0v) is 12.6. The standard InChI is InChI=1S/C16H21F3N2O/c1-2-9-21(10-12-7-8-12)11-15(22)20-14-6-4-3-5-13(14)16(17,18)19/h3-6,12H,2,7-11H2,1H3,(H,20,22). The molecular formula is C16H21F3N2O. The van der Waals surface area contributed by atoms with Crippen LogP contribution >= 0.6 is 0 Å². The third-order valence-electron chi connectivity index (χ3n) is 3.63. The van der Waals surface area contributed by atoms with E-state index < -0.39 is 17.6 Å². The number of amides is 1. The highest BCUT2D eigenvalue weighted by Crippen LogP contribution is 2.34. The maximum Gasteiger partial charge on any atom is 0.418 e. The van der Waals surface area contributed by atoms with Crippen molar-refractivity contribution in [1.82, 2.24) is 4.90 Å². The third-order valence-corrected chi connectivity index (χ3v) is 3.63. The third kappa shape index (κ3) is 5.02. The van der Waals surface area contributed by atoms with E-state index in [1.54, 1.807) is 0 Å². The highest BCUT2D eigenvalue weighted by Gasteiger charge is 2.33. The lowest BCUT2D eigenvalue weighted by atomic mass is 10.1. The molecular weight excluding hydrogens is 293 g/mol. The highest BCUT2D eigenvalue weighted by atomic mass is 19.4. The van der Waals surface area contributed by atoms with Gasteiger partial charge in [0.05, 0.1) is 17.8 Å². The molecule has 0 saturated heterocycles. The van der Waals surface area contributed by atoms with Gasteiger partial charge in [0.1, 0.15) is 0 Å². The number of anilines is 1. The number of carbonyl (C=O) groups excluding carboxylic acids is 1. The van der Waals surface area contributed by atoms with Gasteiger partial charge in [-0.05, 0) is 43.9 Å². The minimum absolute atomic E-state index is 0.135. The van der Waals surface area contributed by atoms with Gasteiger partial charge < -0.3 is 5.32 Å². The summed E-state index contributed by atoms with van der Waals surface area (Å²) < 4.78 is 38.7. The Balaban J connectivity index is 1.98. The van der Waals surface area contributed by atoms with E-state index >= 15 is 0 Å². The van der Waals surface area contributed by atoms with E-state index in [0.717, 1.165) is 25.6 Å². The second-order valence-corrected chi connectivity index (χ2v) is 5.77. The predicted octanol–water partition coefficient (Wildman–Crippen LogP) is 3.77. The molecule has 1 aromatic rings. The van der Waals surface area contributed by atoms with Crippen LogP contribution in [-0.2, 0) is 11.0 Å². The van der Waals surface area contributed by atoms with Crippen molar-refractivity contribution in [3.05, 3.63) is 29.8 Å². The molecule has 6 heteroatoms. The van der Waals surface area contributed by atoms with Crippen molar-refractivity contribution in [1.29, 1.82) is 0 Å². The number of carbonyl (C=O) groups is 1. The van der Waals surface area contributed by atoms with Crippen molar-refractivity contribution < 1.29 is 18.0 Å². The molecule has 0 radical (unpaired) electrons. The fourth-order valence-corrected chi connectivity index (χ4v) is 2.45. The Morgan fingerprint density at radius 2 is 2.00 bits per heavy atom. The Hall–Kier alpha value is -1.56. The normalized spacial score (nSPS) is 15.1. The number of nitrogens with zero attached hydrogens (tertiary/aromatic N) is 1. The predicted molar refractivity (Wildman–Crippen MR) is 79.5 cm³/mol. The summed E-state index contributed by atoms with van der Waals surface area (Å²) in [6.07, 6.45) is -1.20. The van der Waals surface area contributed by atoms with Crippen LogP contribution in [0, 0.1) is 5.92 Å². The van der Waals surface area contributed by atoms with Crippen LogP contribution in [0.25, 0.3) is 0 Å². The van der Waals surface area contributed by atoms with Crippen LogP contribution in [0.4, 0.5) is 18.9 Å². The van der Waals surface area contributed by atoms with Crippen molar-refractivity contribution in [2.75, 3.05) is 25.0 Å². The number of nitrogens with one attached hydrogen (secondary N) is 1. The summed E-state index contributed by atoms with van der Waals surface area (Å²) in [5.41, 5.74) is -0.990. The molecule has 1 aliphatic carbocycles. The Morgan fingerprint density at radius 1 is 1.32 bits per heavy atom. The molecule has 1 amide bonds. The molecule has 1 fully saturated rings. The molecule has 22 heavy (non-hydrogen) atoms. The lowest BCUT2D eigenvalue weighted by Crippen LogP contribution is -2.35. The number of hydrogen-bond donors (Lipinski definition) is 1. The zero-order valence-electron chi connectivity index (χ0n) is 12.6. The van der Waals surface area contributed by atoms with Crippen LogP contribution in [-0.4, -0.2) is 30.4 Å². The van der Waals surface area contributed by atoms with Crippen molar-refractivity contribution in [3.63, 3.8) is 0 Å². The van der Waals surface area contributed by atoms with Gasteiger partial charge in [-0.15, -0.1) is 0 Å². The van der Waals surface area contributed by atoms with Gasteiger partial charge in [0.25, 0.3) is 0 Å². The molecule has 0 spiro atoms. The Bertz CT molecular complexity index is 512. The lowest BCUT2D eigenvalue weighted by Gasteiger charge is -2.21. The molecule has 1 aromatic carbocycles. The minimum atomic E-state index is -4.47. The minimum Gasteiger partial charge on any atom is -0.324 e. The maximum absolute atomic E-state index is 12.9. The zero-order chi connectivity index (χ0) is 16.2. The molecule has 0 bridgehead atoms. The first-order valence-electron chi connectivity index (χ1n) is 7.58. The summed E-state index contributed by atoms with van der Waals surface area (Å²) >= 11 is 0. The number of halogens is 3.